The number of pyridine rings is 2. The molecule has 0 aliphatic carbocycles. The van der Waals surface area contributed by atoms with Crippen LogP contribution in [0.5, 0.6) is 5.75 Å². The summed E-state index contributed by atoms with van der Waals surface area (Å²) in [5, 5.41) is 0.283. The van der Waals surface area contributed by atoms with E-state index in [1.54, 1.807) is 23.2 Å². The van der Waals surface area contributed by atoms with Crippen molar-refractivity contribution in [2.24, 2.45) is 5.73 Å². The number of fused-ring (bicyclic) bond motifs is 5. The van der Waals surface area contributed by atoms with Crippen molar-refractivity contribution in [3.63, 3.8) is 0 Å². The van der Waals surface area contributed by atoms with Crippen LogP contribution in [0.25, 0.3) is 28.0 Å². The lowest BCUT2D eigenvalue weighted by molar-refractivity contribution is -0.126. The third-order valence-electron chi connectivity index (χ3n) is 8.28. The normalized spacial score (nSPS) is 16.8. The lowest BCUT2D eigenvalue weighted by Gasteiger charge is -2.40. The Labute approximate surface area is 259 Å². The van der Waals surface area contributed by atoms with Gasteiger partial charge in [0, 0.05) is 44.5 Å². The number of hydrogen-bond donors (Lipinski definition) is 1. The van der Waals surface area contributed by atoms with Crippen LogP contribution >= 0.6 is 0 Å². The molecule has 2 aliphatic heterocycles. The van der Waals surface area contributed by atoms with Crippen LogP contribution in [-0.2, 0) is 11.2 Å². The first-order valence-corrected chi connectivity index (χ1v) is 15.1. The number of aromatic nitrogens is 4. The van der Waals surface area contributed by atoms with Gasteiger partial charge in [0.1, 0.15) is 23.1 Å². The third kappa shape index (κ3) is 5.54. The molecule has 1 aromatic carbocycles. The fraction of sp³-hybridized carbons (Fsp3) is 0.364. The zero-order valence-corrected chi connectivity index (χ0v) is 25.5. The molecule has 2 aliphatic rings. The molecule has 1 saturated heterocycles. The Kier molecular flexibility index (Phi) is 8.32. The van der Waals surface area contributed by atoms with E-state index in [1.807, 2.05) is 31.7 Å². The first kappa shape index (κ1) is 30.3. The SMILES string of the molecule is CC(C)c1nccc2c1-n1c(=O)nc(N3CCN(C(=O)/C=C/CN)CC3C)c3cc(F)c(nc31)-c1c(F)cccc1OCCC2. The minimum Gasteiger partial charge on any atom is -0.493 e. The van der Waals surface area contributed by atoms with Crippen LogP contribution in [0.4, 0.5) is 14.6 Å². The molecule has 4 aromatic rings. The second kappa shape index (κ2) is 12.4. The molecule has 1 amide bonds. The minimum atomic E-state index is -0.786. The van der Waals surface area contributed by atoms with E-state index in [2.05, 4.69) is 9.97 Å². The van der Waals surface area contributed by atoms with Crippen LogP contribution in [0.15, 0.2) is 53.5 Å². The number of piperazine rings is 1. The number of nitrogens with zero attached hydrogens (tertiary/aromatic N) is 6. The number of ether oxygens (including phenoxy) is 1. The summed E-state index contributed by atoms with van der Waals surface area (Å²) in [5.41, 5.74) is 6.68. The Bertz CT molecular complexity index is 1870. The topological polar surface area (TPSA) is 119 Å². The van der Waals surface area contributed by atoms with Gasteiger partial charge in [-0.05, 0) is 55.5 Å². The van der Waals surface area contributed by atoms with Crippen molar-refractivity contribution in [1.82, 2.24) is 24.4 Å². The highest BCUT2D eigenvalue weighted by atomic mass is 19.1. The Morgan fingerprint density at radius 2 is 2.00 bits per heavy atom. The highest BCUT2D eigenvalue weighted by molar-refractivity contribution is 5.91. The number of aryl methyl sites for hydroxylation is 1. The van der Waals surface area contributed by atoms with Crippen LogP contribution in [-0.4, -0.2) is 69.2 Å². The maximum absolute atomic E-state index is 16.2. The largest absolute Gasteiger partial charge is 0.493 e. The molecule has 0 radical (unpaired) electrons. The van der Waals surface area contributed by atoms with Crippen LogP contribution in [0.3, 0.4) is 0 Å². The molecule has 1 atom stereocenters. The Morgan fingerprint density at radius 3 is 2.76 bits per heavy atom. The third-order valence-corrected chi connectivity index (χ3v) is 8.28. The molecule has 3 aromatic heterocycles. The summed E-state index contributed by atoms with van der Waals surface area (Å²) in [6.45, 7) is 7.43. The lowest BCUT2D eigenvalue weighted by atomic mass is 10.0. The fourth-order valence-electron chi connectivity index (χ4n) is 6.14. The van der Waals surface area contributed by atoms with Crippen LogP contribution < -0.4 is 21.1 Å². The van der Waals surface area contributed by atoms with Crippen molar-refractivity contribution < 1.29 is 18.3 Å². The molecule has 12 heteroatoms. The van der Waals surface area contributed by atoms with Crippen molar-refractivity contribution in [2.45, 2.75) is 45.6 Å². The predicted molar refractivity (Wildman–Crippen MR) is 168 cm³/mol. The molecule has 1 fully saturated rings. The van der Waals surface area contributed by atoms with Gasteiger partial charge in [0.25, 0.3) is 0 Å². The van der Waals surface area contributed by atoms with E-state index in [4.69, 9.17) is 15.5 Å². The second-order valence-corrected chi connectivity index (χ2v) is 11.6. The first-order valence-electron chi connectivity index (χ1n) is 15.1. The lowest BCUT2D eigenvalue weighted by Crippen LogP contribution is -2.54. The number of rotatable bonds is 4. The van der Waals surface area contributed by atoms with Gasteiger partial charge < -0.3 is 20.3 Å². The molecule has 0 spiro atoms. The summed E-state index contributed by atoms with van der Waals surface area (Å²) in [6, 6.07) is 7.17. The standard InChI is InChI=1S/C33H35F2N7O3/c1-19(2)28-30-21(11-13-37-28)7-6-16-45-25-9-4-8-23(34)27(25)29-24(35)17-22-31(39-33(44)42(30)32(22)38-29)41-15-14-40(18-20(41)3)26(43)10-5-12-36/h4-5,8-11,13,17,19-20H,6-7,12,14-16,18,36H2,1-3H3/b10-5+. The molecular formula is C33H35F2N7O3. The van der Waals surface area contributed by atoms with E-state index in [9.17, 15) is 9.59 Å². The van der Waals surface area contributed by atoms with Gasteiger partial charge >= 0.3 is 5.69 Å². The van der Waals surface area contributed by atoms with Crippen molar-refractivity contribution in [3.8, 4) is 22.7 Å². The van der Waals surface area contributed by atoms with Gasteiger partial charge in [0.05, 0.1) is 28.9 Å². The average Bonchev–Trinajstić information content (AvgIpc) is 3.01. The van der Waals surface area contributed by atoms with Gasteiger partial charge in [-0.3, -0.25) is 9.78 Å². The number of carbonyl (C=O) groups excluding carboxylic acids is 1. The number of amides is 1. The Hall–Kier alpha value is -4.71. The van der Waals surface area contributed by atoms with Crippen molar-refractivity contribution in [2.75, 3.05) is 37.7 Å². The van der Waals surface area contributed by atoms with Crippen molar-refractivity contribution in [3.05, 3.63) is 82.1 Å². The number of hydrogen-bond acceptors (Lipinski definition) is 8. The number of halogens is 2. The summed E-state index contributed by atoms with van der Waals surface area (Å²) in [7, 11) is 0. The van der Waals surface area contributed by atoms with E-state index in [-0.39, 0.29) is 64.9 Å². The highest BCUT2D eigenvalue weighted by Gasteiger charge is 2.31. The van der Waals surface area contributed by atoms with Crippen LogP contribution in [0.1, 0.15) is 44.4 Å². The van der Waals surface area contributed by atoms with Crippen molar-refractivity contribution in [1.29, 1.82) is 0 Å². The predicted octanol–water partition coefficient (Wildman–Crippen LogP) is 4.12. The summed E-state index contributed by atoms with van der Waals surface area (Å²) in [5.74, 6) is -1.29. The van der Waals surface area contributed by atoms with E-state index in [0.29, 0.717) is 43.9 Å². The molecule has 45 heavy (non-hydrogen) atoms. The van der Waals surface area contributed by atoms with Gasteiger partial charge in [-0.1, -0.05) is 26.0 Å². The van der Waals surface area contributed by atoms with Crippen LogP contribution in [0.2, 0.25) is 0 Å². The van der Waals surface area contributed by atoms with E-state index in [0.717, 1.165) is 5.56 Å². The van der Waals surface area contributed by atoms with Gasteiger partial charge in [0.15, 0.2) is 11.5 Å². The number of benzene rings is 1. The van der Waals surface area contributed by atoms with E-state index >= 15 is 8.78 Å². The van der Waals surface area contributed by atoms with Gasteiger partial charge in [0.2, 0.25) is 5.91 Å². The average molecular weight is 616 g/mol. The molecule has 1 unspecified atom stereocenters. The van der Waals surface area contributed by atoms with Gasteiger partial charge in [-0.25, -0.2) is 23.1 Å². The number of anilines is 1. The summed E-state index contributed by atoms with van der Waals surface area (Å²) >= 11 is 0. The monoisotopic (exact) mass is 615 g/mol. The molecule has 234 valence electrons. The summed E-state index contributed by atoms with van der Waals surface area (Å²) in [6.07, 6.45) is 5.86. The molecule has 5 heterocycles. The van der Waals surface area contributed by atoms with Crippen LogP contribution in [0, 0.1) is 11.6 Å². The zero-order valence-electron chi connectivity index (χ0n) is 25.5. The quantitative estimate of drug-likeness (QED) is 0.341. The van der Waals surface area contributed by atoms with E-state index < -0.39 is 17.3 Å². The van der Waals surface area contributed by atoms with E-state index in [1.165, 1.54) is 28.8 Å². The Balaban J connectivity index is 1.62. The maximum atomic E-state index is 16.2. The zero-order chi connectivity index (χ0) is 31.8. The molecule has 2 bridgehead atoms. The number of nitrogens with two attached hydrogens (primary N) is 1. The van der Waals surface area contributed by atoms with Crippen molar-refractivity contribution >= 4 is 22.8 Å². The fourth-order valence-corrected chi connectivity index (χ4v) is 6.14. The minimum absolute atomic E-state index is 0.0669. The molecule has 10 nitrogen and oxygen atoms in total. The molecular weight excluding hydrogens is 580 g/mol. The molecule has 0 saturated carbocycles. The maximum Gasteiger partial charge on any atom is 0.355 e. The highest BCUT2D eigenvalue weighted by Crippen LogP contribution is 2.38. The van der Waals surface area contributed by atoms with Gasteiger partial charge in [-0.15, -0.1) is 0 Å². The van der Waals surface area contributed by atoms with Gasteiger partial charge in [-0.2, -0.15) is 4.98 Å². The first-order chi connectivity index (χ1) is 21.7. The summed E-state index contributed by atoms with van der Waals surface area (Å²) in [4.78, 5) is 44.3. The second-order valence-electron chi connectivity index (χ2n) is 11.6. The molecule has 2 N–H and O–H groups in total. The number of carbonyl (C=O) groups is 1. The Morgan fingerprint density at radius 1 is 1.18 bits per heavy atom. The summed E-state index contributed by atoms with van der Waals surface area (Å²) < 4.78 is 38.9. The molecule has 6 rings (SSSR count). The smallest absolute Gasteiger partial charge is 0.355 e.